The molecular weight excluding hydrogens is 138 g/mol. The number of hydrogen-bond donors (Lipinski definition) is 0. The van der Waals surface area contributed by atoms with Crippen molar-refractivity contribution in [1.29, 1.82) is 0 Å². The topological polar surface area (TPSA) is 20.5 Å². The number of hydrazone groups is 1. The molecule has 0 aliphatic heterocycles. The SMILES string of the molecule is CN(C)/N=C\c1cccn1C. The second kappa shape index (κ2) is 3.23. The van der Waals surface area contributed by atoms with Gasteiger partial charge in [0.2, 0.25) is 0 Å². The van der Waals surface area contributed by atoms with Crippen LogP contribution in [0.2, 0.25) is 0 Å². The van der Waals surface area contributed by atoms with Crippen LogP contribution in [-0.2, 0) is 7.05 Å². The fourth-order valence-corrected chi connectivity index (χ4v) is 0.783. The lowest BCUT2D eigenvalue weighted by Gasteiger charge is -2.02. The van der Waals surface area contributed by atoms with Gasteiger partial charge in [-0.15, -0.1) is 0 Å². The number of rotatable bonds is 2. The van der Waals surface area contributed by atoms with Crippen molar-refractivity contribution in [2.24, 2.45) is 12.1 Å². The summed E-state index contributed by atoms with van der Waals surface area (Å²) < 4.78 is 2.02. The van der Waals surface area contributed by atoms with Gasteiger partial charge in [-0.1, -0.05) is 0 Å². The summed E-state index contributed by atoms with van der Waals surface area (Å²) in [6.45, 7) is 0. The Morgan fingerprint density at radius 2 is 2.27 bits per heavy atom. The van der Waals surface area contributed by atoms with Crippen molar-refractivity contribution >= 4 is 6.21 Å². The molecule has 0 spiro atoms. The highest BCUT2D eigenvalue weighted by Crippen LogP contribution is 1.95. The van der Waals surface area contributed by atoms with E-state index in [2.05, 4.69) is 5.10 Å². The molecule has 0 bridgehead atoms. The zero-order valence-corrected chi connectivity index (χ0v) is 7.15. The fraction of sp³-hybridized carbons (Fsp3) is 0.375. The average Bonchev–Trinajstić information content (AvgIpc) is 2.31. The van der Waals surface area contributed by atoms with E-state index in [1.54, 1.807) is 5.01 Å². The molecule has 60 valence electrons. The molecule has 3 heteroatoms. The number of aromatic nitrogens is 1. The van der Waals surface area contributed by atoms with Gasteiger partial charge >= 0.3 is 0 Å². The number of hydrogen-bond acceptors (Lipinski definition) is 2. The van der Waals surface area contributed by atoms with Crippen LogP contribution < -0.4 is 0 Å². The van der Waals surface area contributed by atoms with Gasteiger partial charge < -0.3 is 9.58 Å². The van der Waals surface area contributed by atoms with E-state index < -0.39 is 0 Å². The van der Waals surface area contributed by atoms with E-state index in [-0.39, 0.29) is 0 Å². The molecule has 0 saturated heterocycles. The first kappa shape index (κ1) is 7.85. The first-order valence-corrected chi connectivity index (χ1v) is 3.53. The lowest BCUT2D eigenvalue weighted by molar-refractivity contribution is 0.440. The Morgan fingerprint density at radius 1 is 1.55 bits per heavy atom. The predicted molar refractivity (Wildman–Crippen MR) is 46.7 cm³/mol. The molecule has 1 aromatic heterocycles. The van der Waals surface area contributed by atoms with Crippen LogP contribution in [0.15, 0.2) is 23.4 Å². The molecule has 0 amide bonds. The van der Waals surface area contributed by atoms with Crippen LogP contribution >= 0.6 is 0 Å². The Balaban J connectivity index is 2.71. The van der Waals surface area contributed by atoms with Gasteiger partial charge in [0.25, 0.3) is 0 Å². The molecule has 0 radical (unpaired) electrons. The van der Waals surface area contributed by atoms with Crippen LogP contribution in [0.5, 0.6) is 0 Å². The molecule has 0 saturated carbocycles. The predicted octanol–water partition coefficient (Wildman–Crippen LogP) is 0.921. The van der Waals surface area contributed by atoms with Gasteiger partial charge in [-0.25, -0.2) is 0 Å². The van der Waals surface area contributed by atoms with Crippen molar-refractivity contribution in [2.75, 3.05) is 14.1 Å². The Hall–Kier alpha value is -1.25. The van der Waals surface area contributed by atoms with Crippen molar-refractivity contribution in [2.45, 2.75) is 0 Å². The van der Waals surface area contributed by atoms with Crippen LogP contribution in [0.25, 0.3) is 0 Å². The lowest BCUT2D eigenvalue weighted by Crippen LogP contribution is -2.03. The first-order valence-electron chi connectivity index (χ1n) is 3.53. The maximum absolute atomic E-state index is 4.12. The van der Waals surface area contributed by atoms with E-state index in [9.17, 15) is 0 Å². The molecule has 0 aliphatic carbocycles. The van der Waals surface area contributed by atoms with Crippen LogP contribution in [0, 0.1) is 0 Å². The highest BCUT2D eigenvalue weighted by atomic mass is 15.4. The van der Waals surface area contributed by atoms with Crippen molar-refractivity contribution in [3.05, 3.63) is 24.0 Å². The van der Waals surface area contributed by atoms with Gasteiger partial charge in [-0.2, -0.15) is 5.10 Å². The largest absolute Gasteiger partial charge is 0.350 e. The summed E-state index contributed by atoms with van der Waals surface area (Å²) in [6, 6.07) is 4.02. The molecule has 0 unspecified atom stereocenters. The van der Waals surface area contributed by atoms with Crippen molar-refractivity contribution < 1.29 is 0 Å². The first-order chi connectivity index (χ1) is 5.20. The average molecular weight is 151 g/mol. The maximum Gasteiger partial charge on any atom is 0.0707 e. The van der Waals surface area contributed by atoms with Crippen molar-refractivity contribution in [1.82, 2.24) is 9.58 Å². The highest BCUT2D eigenvalue weighted by Gasteiger charge is 1.90. The molecule has 1 heterocycles. The summed E-state index contributed by atoms with van der Waals surface area (Å²) >= 11 is 0. The molecule has 0 fully saturated rings. The van der Waals surface area contributed by atoms with E-state index in [0.29, 0.717) is 0 Å². The number of aryl methyl sites for hydroxylation is 1. The van der Waals surface area contributed by atoms with Crippen LogP contribution in [0.1, 0.15) is 5.69 Å². The molecule has 0 aliphatic rings. The molecule has 1 aromatic rings. The summed E-state index contributed by atoms with van der Waals surface area (Å²) in [5.41, 5.74) is 1.11. The molecule has 1 rings (SSSR count). The standard InChI is InChI=1S/C8H13N3/c1-10(2)9-7-8-5-4-6-11(8)3/h4-7H,1-3H3/b9-7-. The van der Waals surface area contributed by atoms with Crippen LogP contribution in [0.4, 0.5) is 0 Å². The molecular formula is C8H13N3. The van der Waals surface area contributed by atoms with Gasteiger partial charge in [0, 0.05) is 27.3 Å². The minimum atomic E-state index is 1.11. The van der Waals surface area contributed by atoms with Gasteiger partial charge in [0.1, 0.15) is 0 Å². The summed E-state index contributed by atoms with van der Waals surface area (Å²) in [4.78, 5) is 0. The molecule has 0 atom stereocenters. The second-order valence-corrected chi connectivity index (χ2v) is 2.64. The third-order valence-corrected chi connectivity index (χ3v) is 1.40. The molecule has 0 N–H and O–H groups in total. The molecule has 3 nitrogen and oxygen atoms in total. The van der Waals surface area contributed by atoms with E-state index in [0.717, 1.165) is 5.69 Å². The minimum Gasteiger partial charge on any atom is -0.350 e. The van der Waals surface area contributed by atoms with E-state index in [1.165, 1.54) is 0 Å². The van der Waals surface area contributed by atoms with Gasteiger partial charge in [0.05, 0.1) is 11.9 Å². The van der Waals surface area contributed by atoms with Gasteiger partial charge in [0.15, 0.2) is 0 Å². The van der Waals surface area contributed by atoms with Crippen LogP contribution in [0.3, 0.4) is 0 Å². The lowest BCUT2D eigenvalue weighted by atomic mass is 10.5. The molecule has 0 aromatic carbocycles. The number of nitrogens with zero attached hydrogens (tertiary/aromatic N) is 3. The Bertz CT molecular complexity index is 248. The maximum atomic E-state index is 4.12. The Labute approximate surface area is 66.9 Å². The van der Waals surface area contributed by atoms with E-state index in [4.69, 9.17) is 0 Å². The summed E-state index contributed by atoms with van der Waals surface area (Å²) in [7, 11) is 5.80. The third kappa shape index (κ3) is 2.11. The Kier molecular flexibility index (Phi) is 2.31. The van der Waals surface area contributed by atoms with E-state index in [1.807, 2.05) is 50.3 Å². The van der Waals surface area contributed by atoms with Crippen molar-refractivity contribution in [3.8, 4) is 0 Å². The summed E-state index contributed by atoms with van der Waals surface area (Å²) in [6.07, 6.45) is 3.83. The zero-order chi connectivity index (χ0) is 8.27. The fourth-order valence-electron chi connectivity index (χ4n) is 0.783. The quantitative estimate of drug-likeness (QED) is 0.454. The van der Waals surface area contributed by atoms with Crippen LogP contribution in [-0.4, -0.2) is 29.9 Å². The molecule has 11 heavy (non-hydrogen) atoms. The summed E-state index contributed by atoms with van der Waals surface area (Å²) in [5.74, 6) is 0. The minimum absolute atomic E-state index is 1.11. The Morgan fingerprint density at radius 3 is 2.73 bits per heavy atom. The zero-order valence-electron chi connectivity index (χ0n) is 7.15. The van der Waals surface area contributed by atoms with Crippen molar-refractivity contribution in [3.63, 3.8) is 0 Å². The highest BCUT2D eigenvalue weighted by molar-refractivity contribution is 5.77. The third-order valence-electron chi connectivity index (χ3n) is 1.40. The van der Waals surface area contributed by atoms with Gasteiger partial charge in [-0.05, 0) is 12.1 Å². The smallest absolute Gasteiger partial charge is 0.0707 e. The monoisotopic (exact) mass is 151 g/mol. The second-order valence-electron chi connectivity index (χ2n) is 2.64. The van der Waals surface area contributed by atoms with Gasteiger partial charge in [-0.3, -0.25) is 0 Å². The summed E-state index contributed by atoms with van der Waals surface area (Å²) in [5, 5.41) is 5.89. The normalized spacial score (nSPS) is 10.8. The van der Waals surface area contributed by atoms with E-state index >= 15 is 0 Å².